The van der Waals surface area contributed by atoms with E-state index in [0.717, 1.165) is 42.0 Å². The maximum atomic E-state index is 8.93. The van der Waals surface area contributed by atoms with Gasteiger partial charge in [-0.05, 0) is 22.0 Å². The molecule has 2 aliphatic heterocycles. The van der Waals surface area contributed by atoms with Crippen LogP contribution in [-0.2, 0) is 9.47 Å². The van der Waals surface area contributed by atoms with Gasteiger partial charge in [0.25, 0.3) is 0 Å². The lowest BCUT2D eigenvalue weighted by atomic mass is 9.96. The first kappa shape index (κ1) is 13.3. The Bertz CT molecular complexity index is 458. The summed E-state index contributed by atoms with van der Waals surface area (Å²) in [5.74, 6) is 0. The number of anilines is 1. The van der Waals surface area contributed by atoms with E-state index >= 15 is 0 Å². The molecule has 6 heteroatoms. The minimum atomic E-state index is -0.0572. The molecule has 1 aromatic rings. The second-order valence-electron chi connectivity index (χ2n) is 4.80. The van der Waals surface area contributed by atoms with Gasteiger partial charge >= 0.3 is 0 Å². The molecule has 2 atom stereocenters. The van der Waals surface area contributed by atoms with E-state index in [4.69, 9.17) is 14.6 Å². The van der Waals surface area contributed by atoms with Gasteiger partial charge in [0.05, 0.1) is 43.9 Å². The van der Waals surface area contributed by atoms with Gasteiger partial charge in [-0.15, -0.1) is 0 Å². The monoisotopic (exact) mass is 328 g/mol. The lowest BCUT2D eigenvalue weighted by Crippen LogP contribution is -2.49. The summed E-state index contributed by atoms with van der Waals surface area (Å²) in [5, 5.41) is 8.93. The van der Waals surface area contributed by atoms with Gasteiger partial charge in [0.1, 0.15) is 6.10 Å². The molecule has 0 aliphatic carbocycles. The number of hydrogen-bond donors (Lipinski definition) is 1. The zero-order chi connectivity index (χ0) is 13.2. The third-order valence-corrected chi connectivity index (χ3v) is 4.04. The molecule has 1 saturated heterocycles. The second kappa shape index (κ2) is 5.75. The highest BCUT2D eigenvalue weighted by atomic mass is 79.9. The highest BCUT2D eigenvalue weighted by Gasteiger charge is 2.36. The number of rotatable bonds is 3. The molecule has 5 nitrogen and oxygen atoms in total. The van der Waals surface area contributed by atoms with Crippen LogP contribution in [0.15, 0.2) is 16.7 Å². The number of aliphatic hydroxyl groups is 1. The van der Waals surface area contributed by atoms with E-state index in [1.165, 1.54) is 0 Å². The summed E-state index contributed by atoms with van der Waals surface area (Å²) in [7, 11) is 0. The Kier molecular flexibility index (Phi) is 4.02. The molecule has 3 heterocycles. The predicted octanol–water partition coefficient (Wildman–Crippen LogP) is 1.50. The van der Waals surface area contributed by atoms with Gasteiger partial charge in [0, 0.05) is 23.6 Å². The number of halogens is 1. The van der Waals surface area contributed by atoms with Crippen molar-refractivity contribution in [1.82, 2.24) is 4.98 Å². The van der Waals surface area contributed by atoms with Crippen molar-refractivity contribution < 1.29 is 14.6 Å². The number of pyridine rings is 1. The second-order valence-corrected chi connectivity index (χ2v) is 5.71. The van der Waals surface area contributed by atoms with E-state index in [-0.39, 0.29) is 12.7 Å². The van der Waals surface area contributed by atoms with Crippen molar-refractivity contribution >= 4 is 21.6 Å². The molecule has 0 bridgehead atoms. The third kappa shape index (κ3) is 2.63. The van der Waals surface area contributed by atoms with Crippen molar-refractivity contribution in [3.05, 3.63) is 22.4 Å². The summed E-state index contributed by atoms with van der Waals surface area (Å²) in [6.07, 6.45) is 2.61. The fourth-order valence-electron chi connectivity index (χ4n) is 2.79. The van der Waals surface area contributed by atoms with Crippen molar-refractivity contribution in [2.24, 2.45) is 0 Å². The molecule has 0 amide bonds. The van der Waals surface area contributed by atoms with Crippen molar-refractivity contribution in [1.29, 1.82) is 0 Å². The van der Waals surface area contributed by atoms with Crippen LogP contribution in [0.5, 0.6) is 0 Å². The fourth-order valence-corrected chi connectivity index (χ4v) is 3.10. The normalized spacial score (nSPS) is 25.9. The molecule has 0 spiro atoms. The van der Waals surface area contributed by atoms with E-state index in [0.29, 0.717) is 12.6 Å². The van der Waals surface area contributed by atoms with Gasteiger partial charge in [-0.3, -0.25) is 4.98 Å². The van der Waals surface area contributed by atoms with Crippen LogP contribution in [0.25, 0.3) is 0 Å². The maximum Gasteiger partial charge on any atom is 0.104 e. The van der Waals surface area contributed by atoms with Gasteiger partial charge in [-0.25, -0.2) is 0 Å². The van der Waals surface area contributed by atoms with Crippen molar-refractivity contribution in [3.8, 4) is 0 Å². The Morgan fingerprint density at radius 3 is 3.32 bits per heavy atom. The van der Waals surface area contributed by atoms with E-state index in [2.05, 4.69) is 31.9 Å². The van der Waals surface area contributed by atoms with Crippen molar-refractivity contribution in [2.75, 3.05) is 37.9 Å². The lowest BCUT2D eigenvalue weighted by Gasteiger charge is -2.43. The van der Waals surface area contributed by atoms with Crippen LogP contribution in [0.2, 0.25) is 0 Å². The smallest absolute Gasteiger partial charge is 0.104 e. The summed E-state index contributed by atoms with van der Waals surface area (Å²) in [6, 6.07) is 2.43. The Balaban J connectivity index is 1.93. The van der Waals surface area contributed by atoms with Crippen molar-refractivity contribution in [3.63, 3.8) is 0 Å². The average Bonchev–Trinajstić information content (AvgIpc) is 2.44. The molecule has 2 aliphatic rings. The zero-order valence-corrected chi connectivity index (χ0v) is 12.2. The molecule has 19 heavy (non-hydrogen) atoms. The Hall–Kier alpha value is -0.690. The first-order valence-electron chi connectivity index (χ1n) is 6.52. The summed E-state index contributed by atoms with van der Waals surface area (Å²) < 4.78 is 12.3. The molecule has 104 valence electrons. The predicted molar refractivity (Wildman–Crippen MR) is 74.3 cm³/mol. The quantitative estimate of drug-likeness (QED) is 0.911. The molecular formula is C13H17BrN2O3. The maximum absolute atomic E-state index is 8.93. The van der Waals surface area contributed by atoms with Gasteiger partial charge in [-0.1, -0.05) is 0 Å². The zero-order valence-electron chi connectivity index (χ0n) is 10.6. The Morgan fingerprint density at radius 2 is 2.47 bits per heavy atom. The van der Waals surface area contributed by atoms with Crippen LogP contribution in [0.3, 0.4) is 0 Å². The molecule has 1 aromatic heterocycles. The first-order valence-corrected chi connectivity index (χ1v) is 7.31. The topological polar surface area (TPSA) is 54.8 Å². The van der Waals surface area contributed by atoms with E-state index < -0.39 is 0 Å². The number of morpholine rings is 1. The molecule has 0 radical (unpaired) electrons. The molecule has 0 aromatic carbocycles. The van der Waals surface area contributed by atoms with Gasteiger partial charge in [0.15, 0.2) is 0 Å². The molecule has 3 rings (SSSR count). The average molecular weight is 329 g/mol. The minimum Gasteiger partial charge on any atom is -0.394 e. The fraction of sp³-hybridized carbons (Fsp3) is 0.615. The Labute approximate surface area is 120 Å². The summed E-state index contributed by atoms with van der Waals surface area (Å²) in [6.45, 7) is 2.75. The number of fused-ring (bicyclic) bond motifs is 3. The number of aliphatic hydroxyl groups excluding tert-OH is 1. The summed E-state index contributed by atoms with van der Waals surface area (Å²) >= 11 is 3.48. The standard InChI is InChI=1S/C13H17BrN2O3/c14-9-5-11-13(15-7-9)12(19-4-2-17)6-10-8-18-3-1-16(10)11/h5,7,10,12,17H,1-4,6,8H2. The van der Waals surface area contributed by atoms with Gasteiger partial charge in [0.2, 0.25) is 0 Å². The highest BCUT2D eigenvalue weighted by molar-refractivity contribution is 9.10. The first-order chi connectivity index (χ1) is 9.29. The van der Waals surface area contributed by atoms with Crippen molar-refractivity contribution in [2.45, 2.75) is 18.6 Å². The van der Waals surface area contributed by atoms with Crippen LogP contribution >= 0.6 is 15.9 Å². The van der Waals surface area contributed by atoms with Gasteiger partial charge in [-0.2, -0.15) is 0 Å². The lowest BCUT2D eigenvalue weighted by molar-refractivity contribution is -0.00239. The largest absolute Gasteiger partial charge is 0.394 e. The molecule has 0 saturated carbocycles. The summed E-state index contributed by atoms with van der Waals surface area (Å²) in [4.78, 5) is 6.86. The number of ether oxygens (including phenoxy) is 2. The SMILES string of the molecule is OCCOC1CC2COCCN2c2cc(Br)cnc21. The van der Waals surface area contributed by atoms with Crippen LogP contribution < -0.4 is 4.90 Å². The number of hydrogen-bond acceptors (Lipinski definition) is 5. The third-order valence-electron chi connectivity index (χ3n) is 3.60. The summed E-state index contributed by atoms with van der Waals surface area (Å²) in [5.41, 5.74) is 2.09. The van der Waals surface area contributed by atoms with Crippen LogP contribution in [0, 0.1) is 0 Å². The van der Waals surface area contributed by atoms with E-state index in [1.54, 1.807) is 6.20 Å². The molecule has 1 fully saturated rings. The van der Waals surface area contributed by atoms with Crippen LogP contribution in [0.4, 0.5) is 5.69 Å². The molecule has 2 unspecified atom stereocenters. The van der Waals surface area contributed by atoms with Gasteiger partial charge < -0.3 is 19.5 Å². The van der Waals surface area contributed by atoms with Crippen LogP contribution in [-0.4, -0.2) is 49.1 Å². The van der Waals surface area contributed by atoms with Crippen LogP contribution in [0.1, 0.15) is 18.2 Å². The highest BCUT2D eigenvalue weighted by Crippen LogP contribution is 2.39. The minimum absolute atomic E-state index is 0.0350. The molecule has 1 N–H and O–H groups in total. The molecular weight excluding hydrogens is 312 g/mol. The van der Waals surface area contributed by atoms with E-state index in [9.17, 15) is 0 Å². The number of nitrogens with zero attached hydrogens (tertiary/aromatic N) is 2. The Morgan fingerprint density at radius 1 is 1.58 bits per heavy atom. The van der Waals surface area contributed by atoms with E-state index in [1.807, 2.05) is 0 Å². The number of aromatic nitrogens is 1.